The van der Waals surface area contributed by atoms with Gasteiger partial charge in [0.1, 0.15) is 5.75 Å². The Kier molecular flexibility index (Phi) is 7.62. The van der Waals surface area contributed by atoms with Gasteiger partial charge in [-0.3, -0.25) is 4.79 Å². The van der Waals surface area contributed by atoms with Crippen LogP contribution in [0.5, 0.6) is 5.75 Å². The Morgan fingerprint density at radius 1 is 1.13 bits per heavy atom. The smallest absolute Gasteiger partial charge is 0.262 e. The molecule has 1 amide bonds. The summed E-state index contributed by atoms with van der Waals surface area (Å²) in [6.07, 6.45) is 0. The second kappa shape index (κ2) is 10.2. The number of nitrogens with one attached hydrogen (secondary N) is 1. The van der Waals surface area contributed by atoms with E-state index in [0.717, 1.165) is 55.3 Å². The third-order valence-electron chi connectivity index (χ3n) is 5.54. The highest BCUT2D eigenvalue weighted by Gasteiger charge is 2.18. The van der Waals surface area contributed by atoms with E-state index in [-0.39, 0.29) is 12.5 Å². The van der Waals surface area contributed by atoms with Crippen LogP contribution in [0.25, 0.3) is 0 Å². The van der Waals surface area contributed by atoms with Gasteiger partial charge in [-0.2, -0.15) is 0 Å². The van der Waals surface area contributed by atoms with Crippen LogP contribution in [0.2, 0.25) is 5.02 Å². The number of amides is 1. The van der Waals surface area contributed by atoms with Crippen LogP contribution in [0.4, 0.5) is 11.4 Å². The Balaban J connectivity index is 1.59. The first-order chi connectivity index (χ1) is 14.4. The van der Waals surface area contributed by atoms with Crippen LogP contribution in [0.15, 0.2) is 36.4 Å². The normalized spacial score (nSPS) is 14.8. The van der Waals surface area contributed by atoms with Crippen LogP contribution in [-0.4, -0.2) is 50.1 Å². The predicted octanol–water partition coefficient (Wildman–Crippen LogP) is 4.93. The van der Waals surface area contributed by atoms with Gasteiger partial charge in [0.05, 0.1) is 10.7 Å². The quantitative estimate of drug-likeness (QED) is 0.677. The van der Waals surface area contributed by atoms with Gasteiger partial charge in [0.2, 0.25) is 0 Å². The van der Waals surface area contributed by atoms with E-state index >= 15 is 0 Å². The first-order valence-corrected chi connectivity index (χ1v) is 11.0. The van der Waals surface area contributed by atoms with E-state index in [1.807, 2.05) is 31.2 Å². The first kappa shape index (κ1) is 22.4. The maximum Gasteiger partial charge on any atom is 0.262 e. The van der Waals surface area contributed by atoms with Crippen molar-refractivity contribution in [3.8, 4) is 5.75 Å². The number of rotatable bonds is 7. The molecule has 2 aromatic rings. The van der Waals surface area contributed by atoms with E-state index < -0.39 is 0 Å². The number of benzene rings is 2. The Morgan fingerprint density at radius 3 is 2.50 bits per heavy atom. The molecule has 1 N–H and O–H groups in total. The number of carbonyl (C=O) groups is 1. The summed E-state index contributed by atoms with van der Waals surface area (Å²) in [6, 6.07) is 11.8. The largest absolute Gasteiger partial charge is 0.483 e. The summed E-state index contributed by atoms with van der Waals surface area (Å²) in [5, 5.41) is 3.54. The van der Waals surface area contributed by atoms with Gasteiger partial charge in [0.25, 0.3) is 5.91 Å². The van der Waals surface area contributed by atoms with E-state index in [1.165, 1.54) is 0 Å². The molecule has 3 rings (SSSR count). The van der Waals surface area contributed by atoms with Crippen LogP contribution < -0.4 is 15.0 Å². The fourth-order valence-corrected chi connectivity index (χ4v) is 4.03. The van der Waals surface area contributed by atoms with Crippen molar-refractivity contribution in [2.45, 2.75) is 33.6 Å². The molecule has 1 aliphatic rings. The lowest BCUT2D eigenvalue weighted by Crippen LogP contribution is -2.46. The van der Waals surface area contributed by atoms with Crippen LogP contribution in [0.3, 0.4) is 0 Å². The predicted molar refractivity (Wildman–Crippen MR) is 125 cm³/mol. The highest BCUT2D eigenvalue weighted by Crippen LogP contribution is 2.30. The average Bonchev–Trinajstić information content (AvgIpc) is 2.72. The second-order valence-corrected chi connectivity index (χ2v) is 8.53. The number of ether oxygens (including phenoxy) is 1. The lowest BCUT2D eigenvalue weighted by Gasteiger charge is -2.36. The number of aryl methyl sites for hydroxylation is 1. The second-order valence-electron chi connectivity index (χ2n) is 8.12. The van der Waals surface area contributed by atoms with Gasteiger partial charge in [0, 0.05) is 31.9 Å². The van der Waals surface area contributed by atoms with E-state index in [9.17, 15) is 4.79 Å². The highest BCUT2D eigenvalue weighted by atomic mass is 35.5. The Hall–Kier alpha value is -2.24. The van der Waals surface area contributed by atoms with Gasteiger partial charge in [-0.1, -0.05) is 44.5 Å². The summed E-state index contributed by atoms with van der Waals surface area (Å²) in [7, 11) is 0. The van der Waals surface area contributed by atoms with Crippen molar-refractivity contribution in [1.29, 1.82) is 0 Å². The molecule has 1 fully saturated rings. The van der Waals surface area contributed by atoms with Crippen molar-refractivity contribution in [3.63, 3.8) is 0 Å². The zero-order chi connectivity index (χ0) is 21.7. The van der Waals surface area contributed by atoms with Crippen molar-refractivity contribution in [1.82, 2.24) is 4.90 Å². The van der Waals surface area contributed by atoms with E-state index in [0.29, 0.717) is 16.6 Å². The number of likely N-dealkylation sites (N-methyl/N-ethyl adjacent to an activating group) is 1. The molecule has 2 aromatic carbocycles. The third kappa shape index (κ3) is 5.67. The molecule has 0 spiro atoms. The summed E-state index contributed by atoms with van der Waals surface area (Å²) < 4.78 is 5.83. The number of piperazine rings is 1. The first-order valence-electron chi connectivity index (χ1n) is 10.7. The molecule has 1 aliphatic heterocycles. The minimum atomic E-state index is -0.202. The molecule has 30 heavy (non-hydrogen) atoms. The lowest BCUT2D eigenvalue weighted by atomic mass is 10.0. The molecule has 0 aromatic heterocycles. The number of anilines is 2. The van der Waals surface area contributed by atoms with Crippen molar-refractivity contribution in [2.24, 2.45) is 0 Å². The van der Waals surface area contributed by atoms with Gasteiger partial charge in [-0.25, -0.2) is 0 Å². The number of carbonyl (C=O) groups excluding carboxylic acids is 1. The van der Waals surface area contributed by atoms with Crippen LogP contribution in [-0.2, 0) is 4.79 Å². The minimum Gasteiger partial charge on any atom is -0.483 e. The number of hydrogen-bond acceptors (Lipinski definition) is 4. The molecule has 0 radical (unpaired) electrons. The zero-order valence-corrected chi connectivity index (χ0v) is 19.1. The average molecular weight is 430 g/mol. The molecular formula is C24H32ClN3O2. The highest BCUT2D eigenvalue weighted by molar-refractivity contribution is 6.33. The summed E-state index contributed by atoms with van der Waals surface area (Å²) in [5.74, 6) is 0.889. The van der Waals surface area contributed by atoms with E-state index in [1.54, 1.807) is 0 Å². The van der Waals surface area contributed by atoms with Crippen molar-refractivity contribution < 1.29 is 9.53 Å². The van der Waals surface area contributed by atoms with Crippen molar-refractivity contribution >= 4 is 28.9 Å². The monoisotopic (exact) mass is 429 g/mol. The molecule has 0 unspecified atom stereocenters. The molecular weight excluding hydrogens is 398 g/mol. The Morgan fingerprint density at radius 2 is 1.87 bits per heavy atom. The van der Waals surface area contributed by atoms with Gasteiger partial charge in [-0.15, -0.1) is 0 Å². The van der Waals surface area contributed by atoms with Gasteiger partial charge in [-0.05, 0) is 54.8 Å². The Labute approximate surface area is 185 Å². The molecule has 0 atom stereocenters. The summed E-state index contributed by atoms with van der Waals surface area (Å²) in [6.45, 7) is 13.5. The Bertz CT molecular complexity index is 877. The van der Waals surface area contributed by atoms with Crippen molar-refractivity contribution in [3.05, 3.63) is 52.5 Å². The SMILES string of the molecule is CCN1CCN(c2ccc(NC(=O)COc3cc(C)ccc3C(C)C)cc2Cl)CC1. The number of nitrogens with zero attached hydrogens (tertiary/aromatic N) is 2. The summed E-state index contributed by atoms with van der Waals surface area (Å²) in [4.78, 5) is 17.2. The van der Waals surface area contributed by atoms with E-state index in [4.69, 9.17) is 16.3 Å². The zero-order valence-electron chi connectivity index (χ0n) is 18.4. The molecule has 0 saturated carbocycles. The molecule has 162 valence electrons. The standard InChI is InChI=1S/C24H32ClN3O2/c1-5-27-10-12-28(13-11-27)22-9-7-19(15-21(22)25)26-24(29)16-30-23-14-18(4)6-8-20(23)17(2)3/h6-9,14-15,17H,5,10-13,16H2,1-4H3,(H,26,29). The molecule has 1 saturated heterocycles. The van der Waals surface area contributed by atoms with Crippen molar-refractivity contribution in [2.75, 3.05) is 49.5 Å². The molecule has 5 nitrogen and oxygen atoms in total. The topological polar surface area (TPSA) is 44.8 Å². The summed E-state index contributed by atoms with van der Waals surface area (Å²) in [5.41, 5.74) is 3.90. The lowest BCUT2D eigenvalue weighted by molar-refractivity contribution is -0.118. The third-order valence-corrected chi connectivity index (χ3v) is 5.84. The summed E-state index contributed by atoms with van der Waals surface area (Å²) >= 11 is 6.52. The molecule has 6 heteroatoms. The maximum atomic E-state index is 12.4. The number of halogens is 1. The fraction of sp³-hybridized carbons (Fsp3) is 0.458. The fourth-order valence-electron chi connectivity index (χ4n) is 3.73. The van der Waals surface area contributed by atoms with Crippen LogP contribution >= 0.6 is 11.6 Å². The van der Waals surface area contributed by atoms with Crippen LogP contribution in [0.1, 0.15) is 37.8 Å². The molecule has 1 heterocycles. The van der Waals surface area contributed by atoms with Gasteiger partial charge >= 0.3 is 0 Å². The molecule has 0 bridgehead atoms. The van der Waals surface area contributed by atoms with Crippen LogP contribution in [0, 0.1) is 6.92 Å². The van der Waals surface area contributed by atoms with Gasteiger partial charge in [0.15, 0.2) is 6.61 Å². The molecule has 0 aliphatic carbocycles. The van der Waals surface area contributed by atoms with Gasteiger partial charge < -0.3 is 19.9 Å². The minimum absolute atomic E-state index is 0.0402. The number of hydrogen-bond donors (Lipinski definition) is 1. The van der Waals surface area contributed by atoms with E-state index in [2.05, 4.69) is 48.0 Å². The maximum absolute atomic E-state index is 12.4.